The minimum atomic E-state index is -3.71. The summed E-state index contributed by atoms with van der Waals surface area (Å²) >= 11 is 0. The number of amides is 1. The summed E-state index contributed by atoms with van der Waals surface area (Å²) in [6, 6.07) is 4.41. The number of aliphatic hydroxyl groups is 1. The van der Waals surface area contributed by atoms with Gasteiger partial charge in [-0.3, -0.25) is 4.79 Å². The van der Waals surface area contributed by atoms with Gasteiger partial charge in [0, 0.05) is 12.5 Å². The van der Waals surface area contributed by atoms with E-state index >= 15 is 0 Å². The molecule has 0 aromatic heterocycles. The lowest BCUT2D eigenvalue weighted by molar-refractivity contribution is -0.134. The Kier molecular flexibility index (Phi) is 7.03. The highest BCUT2D eigenvalue weighted by molar-refractivity contribution is 7.89. The minimum Gasteiger partial charge on any atom is -0.394 e. The highest BCUT2D eigenvalue weighted by Gasteiger charge is 2.34. The molecule has 1 amide bonds. The molecule has 156 valence electrons. The molecule has 1 saturated heterocycles. The van der Waals surface area contributed by atoms with Gasteiger partial charge < -0.3 is 15.2 Å². The third-order valence-corrected chi connectivity index (χ3v) is 6.96. The highest BCUT2D eigenvalue weighted by atomic mass is 32.2. The van der Waals surface area contributed by atoms with Gasteiger partial charge in [-0.05, 0) is 56.4 Å². The molecule has 3 N–H and O–H groups in total. The second-order valence-corrected chi connectivity index (χ2v) is 9.21. The van der Waals surface area contributed by atoms with E-state index in [2.05, 4.69) is 10.0 Å². The molecular weight excluding hydrogens is 387 g/mol. The topological polar surface area (TPSA) is 105 Å². The summed E-state index contributed by atoms with van der Waals surface area (Å²) in [5.41, 5.74) is 0. The van der Waals surface area contributed by atoms with Crippen molar-refractivity contribution in [1.82, 2.24) is 10.0 Å². The van der Waals surface area contributed by atoms with Gasteiger partial charge in [0.25, 0.3) is 0 Å². The molecule has 7 nitrogen and oxygen atoms in total. The van der Waals surface area contributed by atoms with Crippen LogP contribution in [0.2, 0.25) is 0 Å². The monoisotopic (exact) mass is 414 g/mol. The summed E-state index contributed by atoms with van der Waals surface area (Å²) in [5.74, 6) is -0.384. The first kappa shape index (κ1) is 21.2. The zero-order valence-corrected chi connectivity index (χ0v) is 16.5. The van der Waals surface area contributed by atoms with E-state index in [4.69, 9.17) is 4.74 Å². The molecule has 0 unspecified atom stereocenters. The Morgan fingerprint density at radius 1 is 1.18 bits per heavy atom. The van der Waals surface area contributed by atoms with Gasteiger partial charge in [-0.15, -0.1) is 0 Å². The zero-order chi connectivity index (χ0) is 20.1. The first-order valence-corrected chi connectivity index (χ1v) is 11.2. The van der Waals surface area contributed by atoms with Crippen LogP contribution in [0.25, 0.3) is 0 Å². The molecule has 1 aromatic carbocycles. The van der Waals surface area contributed by atoms with E-state index < -0.39 is 21.9 Å². The van der Waals surface area contributed by atoms with Crippen molar-refractivity contribution < 1.29 is 27.4 Å². The lowest BCUT2D eigenvalue weighted by Gasteiger charge is -2.37. The van der Waals surface area contributed by atoms with E-state index in [-0.39, 0.29) is 42.0 Å². The van der Waals surface area contributed by atoms with Crippen LogP contribution in [0.5, 0.6) is 0 Å². The van der Waals surface area contributed by atoms with Crippen molar-refractivity contribution in [2.24, 2.45) is 5.92 Å². The first-order valence-electron chi connectivity index (χ1n) is 9.71. The van der Waals surface area contributed by atoms with Gasteiger partial charge in [0.2, 0.25) is 15.9 Å². The molecule has 9 heteroatoms. The molecule has 1 heterocycles. The molecule has 0 spiro atoms. The molecule has 0 bridgehead atoms. The average molecular weight is 414 g/mol. The number of hydrogen-bond acceptors (Lipinski definition) is 5. The summed E-state index contributed by atoms with van der Waals surface area (Å²) in [6.45, 7) is -0.0327. The minimum absolute atomic E-state index is 0.00506. The van der Waals surface area contributed by atoms with Crippen molar-refractivity contribution in [1.29, 1.82) is 0 Å². The average Bonchev–Trinajstić information content (AvgIpc) is 2.61. The van der Waals surface area contributed by atoms with Gasteiger partial charge >= 0.3 is 0 Å². The summed E-state index contributed by atoms with van der Waals surface area (Å²) in [4.78, 5) is 12.1. The Balaban J connectivity index is 1.45. The van der Waals surface area contributed by atoms with Crippen molar-refractivity contribution in [2.45, 2.75) is 61.7 Å². The molecule has 3 rings (SSSR count). The van der Waals surface area contributed by atoms with Gasteiger partial charge in [-0.1, -0.05) is 6.42 Å². The van der Waals surface area contributed by atoms with E-state index in [1.165, 1.54) is 12.1 Å². The van der Waals surface area contributed by atoms with Crippen LogP contribution in [-0.2, 0) is 19.6 Å². The Morgan fingerprint density at radius 2 is 1.89 bits per heavy atom. The molecule has 2 aliphatic rings. The van der Waals surface area contributed by atoms with E-state index in [1.54, 1.807) is 0 Å². The van der Waals surface area contributed by atoms with Crippen LogP contribution in [0.1, 0.15) is 38.5 Å². The van der Waals surface area contributed by atoms with Crippen molar-refractivity contribution >= 4 is 15.9 Å². The summed E-state index contributed by atoms with van der Waals surface area (Å²) < 4.78 is 45.7. The maximum absolute atomic E-state index is 12.9. The van der Waals surface area contributed by atoms with Gasteiger partial charge in [0.05, 0.1) is 23.6 Å². The van der Waals surface area contributed by atoms with Crippen LogP contribution >= 0.6 is 0 Å². The number of sulfonamides is 1. The number of carbonyl (C=O) groups excluding carboxylic acids is 1. The van der Waals surface area contributed by atoms with E-state index in [0.29, 0.717) is 19.3 Å². The number of aliphatic hydroxyl groups excluding tert-OH is 1. The number of hydrogen-bond donors (Lipinski definition) is 3. The smallest absolute Gasteiger partial charge is 0.240 e. The molecule has 3 atom stereocenters. The normalized spacial score (nSPS) is 25.9. The first-order chi connectivity index (χ1) is 13.4. The number of carbonyl (C=O) groups is 1. The Bertz CT molecular complexity index is 767. The van der Waals surface area contributed by atoms with Crippen LogP contribution < -0.4 is 10.0 Å². The second kappa shape index (κ2) is 9.30. The standard InChI is InChI=1S/C19H27FN2O5S/c20-14-4-7-16(8-5-14)28(25,26)21-11-10-15-6-9-17(18(12-23)27-15)22-19(24)13-2-1-3-13/h4-5,7-8,13,15,17-18,21,23H,1-3,6,9-12H2,(H,22,24)/t15-,17+,18-/m1/s1. The third kappa shape index (κ3) is 5.28. The molecule has 1 aromatic rings. The number of nitrogens with one attached hydrogen (secondary N) is 2. The van der Waals surface area contributed by atoms with Crippen molar-refractivity contribution in [3.8, 4) is 0 Å². The fourth-order valence-corrected chi connectivity index (χ4v) is 4.58. The number of rotatable bonds is 8. The zero-order valence-electron chi connectivity index (χ0n) is 15.6. The van der Waals surface area contributed by atoms with Crippen LogP contribution in [-0.4, -0.2) is 50.8 Å². The molecular formula is C19H27FN2O5S. The molecule has 1 saturated carbocycles. The maximum Gasteiger partial charge on any atom is 0.240 e. The number of ether oxygens (including phenoxy) is 1. The van der Waals surface area contributed by atoms with Crippen LogP contribution in [0, 0.1) is 11.7 Å². The lowest BCUT2D eigenvalue weighted by Crippen LogP contribution is -2.53. The largest absolute Gasteiger partial charge is 0.394 e. The van der Waals surface area contributed by atoms with E-state index in [0.717, 1.165) is 31.4 Å². The van der Waals surface area contributed by atoms with E-state index in [9.17, 15) is 22.7 Å². The Morgan fingerprint density at radius 3 is 2.50 bits per heavy atom. The SMILES string of the molecule is O=C(N[C@H]1CC[C@H](CCNS(=O)(=O)c2ccc(F)cc2)O[C@@H]1CO)C1CCC1. The fourth-order valence-electron chi connectivity index (χ4n) is 3.53. The molecule has 2 fully saturated rings. The quantitative estimate of drug-likeness (QED) is 0.595. The van der Waals surface area contributed by atoms with Gasteiger partial charge in [0.1, 0.15) is 11.9 Å². The van der Waals surface area contributed by atoms with Crippen LogP contribution in [0.4, 0.5) is 4.39 Å². The Hall–Kier alpha value is -1.55. The molecule has 1 aliphatic heterocycles. The molecule has 0 radical (unpaired) electrons. The summed E-state index contributed by atoms with van der Waals surface area (Å²) in [5, 5.41) is 12.6. The van der Waals surface area contributed by atoms with Crippen LogP contribution in [0.3, 0.4) is 0 Å². The molecule has 28 heavy (non-hydrogen) atoms. The summed E-state index contributed by atoms with van der Waals surface area (Å²) in [7, 11) is -3.71. The van der Waals surface area contributed by atoms with Gasteiger partial charge in [-0.2, -0.15) is 0 Å². The molecule has 1 aliphatic carbocycles. The van der Waals surface area contributed by atoms with Crippen LogP contribution in [0.15, 0.2) is 29.2 Å². The maximum atomic E-state index is 12.9. The predicted octanol–water partition coefficient (Wildman–Crippen LogP) is 1.32. The number of halogens is 1. The van der Waals surface area contributed by atoms with Crippen molar-refractivity contribution in [3.05, 3.63) is 30.1 Å². The Labute approximate surface area is 164 Å². The predicted molar refractivity (Wildman–Crippen MR) is 100 cm³/mol. The fraction of sp³-hybridized carbons (Fsp3) is 0.632. The van der Waals surface area contributed by atoms with E-state index in [1.807, 2.05) is 0 Å². The van der Waals surface area contributed by atoms with Crippen molar-refractivity contribution in [2.75, 3.05) is 13.2 Å². The second-order valence-electron chi connectivity index (χ2n) is 7.44. The number of benzene rings is 1. The summed E-state index contributed by atoms with van der Waals surface area (Å²) in [6.07, 6.45) is 4.02. The third-order valence-electron chi connectivity index (χ3n) is 5.48. The van der Waals surface area contributed by atoms with Gasteiger partial charge in [0.15, 0.2) is 0 Å². The van der Waals surface area contributed by atoms with Crippen molar-refractivity contribution in [3.63, 3.8) is 0 Å². The van der Waals surface area contributed by atoms with Gasteiger partial charge in [-0.25, -0.2) is 17.5 Å². The highest BCUT2D eigenvalue weighted by Crippen LogP contribution is 2.28. The lowest BCUT2D eigenvalue weighted by atomic mass is 9.84.